The molecule has 0 aliphatic rings. The molecular formula is C13H10Cl2N2O2. The van der Waals surface area contributed by atoms with Crippen LogP contribution in [0, 0.1) is 0 Å². The number of pyridine rings is 1. The molecule has 0 unspecified atom stereocenters. The summed E-state index contributed by atoms with van der Waals surface area (Å²) >= 11 is 12.1. The minimum Gasteiger partial charge on any atom is -0.481 e. The van der Waals surface area contributed by atoms with Crippen molar-refractivity contribution >= 4 is 35.0 Å². The Labute approximate surface area is 119 Å². The molecule has 0 bridgehead atoms. The molecule has 2 aromatic rings. The second-order valence-corrected chi connectivity index (χ2v) is 4.69. The fourth-order valence-corrected chi connectivity index (χ4v) is 2.23. The summed E-state index contributed by atoms with van der Waals surface area (Å²) in [7, 11) is 0. The molecule has 0 saturated heterocycles. The summed E-state index contributed by atoms with van der Waals surface area (Å²) in [5.74, 6) is -0.729. The molecule has 1 aromatic heterocycles. The van der Waals surface area contributed by atoms with Gasteiger partial charge in [0.05, 0.1) is 16.5 Å². The second-order valence-electron chi connectivity index (χ2n) is 3.90. The Balaban J connectivity index is 2.67. The summed E-state index contributed by atoms with van der Waals surface area (Å²) in [6.45, 7) is 0. The number of benzene rings is 1. The van der Waals surface area contributed by atoms with Gasteiger partial charge in [0.25, 0.3) is 0 Å². The fourth-order valence-electron chi connectivity index (χ4n) is 1.84. The SMILES string of the molecule is Nc1nccc(CC(=O)O)c1-c1cccc(Cl)c1Cl. The third-order valence-corrected chi connectivity index (χ3v) is 3.45. The number of rotatable bonds is 3. The lowest BCUT2D eigenvalue weighted by Gasteiger charge is -2.12. The maximum Gasteiger partial charge on any atom is 0.307 e. The van der Waals surface area contributed by atoms with Crippen molar-refractivity contribution < 1.29 is 9.90 Å². The Morgan fingerprint density at radius 1 is 1.32 bits per heavy atom. The van der Waals surface area contributed by atoms with Crippen LogP contribution in [-0.4, -0.2) is 16.1 Å². The Hall–Kier alpha value is -1.78. The van der Waals surface area contributed by atoms with E-state index in [1.54, 1.807) is 24.3 Å². The molecule has 0 radical (unpaired) electrons. The number of aromatic nitrogens is 1. The molecule has 4 nitrogen and oxygen atoms in total. The van der Waals surface area contributed by atoms with Gasteiger partial charge in [0.15, 0.2) is 0 Å². The molecule has 1 aromatic carbocycles. The predicted molar refractivity (Wildman–Crippen MR) is 75.4 cm³/mol. The van der Waals surface area contributed by atoms with Gasteiger partial charge in [0, 0.05) is 17.3 Å². The maximum atomic E-state index is 10.9. The van der Waals surface area contributed by atoms with Crippen molar-refractivity contribution in [2.24, 2.45) is 0 Å². The maximum absolute atomic E-state index is 10.9. The van der Waals surface area contributed by atoms with E-state index in [4.69, 9.17) is 34.0 Å². The first-order valence-corrected chi connectivity index (χ1v) is 6.16. The molecule has 0 saturated carbocycles. The molecule has 0 aliphatic carbocycles. The zero-order valence-electron chi connectivity index (χ0n) is 9.73. The van der Waals surface area contributed by atoms with Crippen molar-refractivity contribution in [2.75, 3.05) is 5.73 Å². The van der Waals surface area contributed by atoms with Crippen molar-refractivity contribution in [1.29, 1.82) is 0 Å². The quantitative estimate of drug-likeness (QED) is 0.911. The number of carbonyl (C=O) groups is 1. The number of carboxylic acid groups (broad SMARTS) is 1. The third kappa shape index (κ3) is 2.80. The van der Waals surface area contributed by atoms with Gasteiger partial charge in [-0.2, -0.15) is 0 Å². The van der Waals surface area contributed by atoms with Crippen molar-refractivity contribution in [3.63, 3.8) is 0 Å². The van der Waals surface area contributed by atoms with Gasteiger partial charge in [0.2, 0.25) is 0 Å². The summed E-state index contributed by atoms with van der Waals surface area (Å²) in [4.78, 5) is 14.9. The van der Waals surface area contributed by atoms with Crippen molar-refractivity contribution in [3.05, 3.63) is 46.1 Å². The van der Waals surface area contributed by atoms with Crippen LogP contribution < -0.4 is 5.73 Å². The van der Waals surface area contributed by atoms with E-state index in [-0.39, 0.29) is 12.2 Å². The molecule has 19 heavy (non-hydrogen) atoms. The average Bonchev–Trinajstić information content (AvgIpc) is 2.33. The first-order chi connectivity index (χ1) is 9.00. The number of nitrogen functional groups attached to an aromatic ring is 1. The Kier molecular flexibility index (Phi) is 3.93. The molecule has 3 N–H and O–H groups in total. The van der Waals surface area contributed by atoms with Crippen LogP contribution in [0.5, 0.6) is 0 Å². The van der Waals surface area contributed by atoms with E-state index >= 15 is 0 Å². The van der Waals surface area contributed by atoms with Crippen molar-refractivity contribution in [1.82, 2.24) is 4.98 Å². The number of nitrogens with zero attached hydrogens (tertiary/aromatic N) is 1. The number of aliphatic carboxylic acids is 1. The van der Waals surface area contributed by atoms with Gasteiger partial charge in [-0.15, -0.1) is 0 Å². The molecule has 2 rings (SSSR count). The second kappa shape index (κ2) is 5.47. The van der Waals surface area contributed by atoms with Crippen LogP contribution in [0.15, 0.2) is 30.5 Å². The van der Waals surface area contributed by atoms with Gasteiger partial charge >= 0.3 is 5.97 Å². The number of anilines is 1. The lowest BCUT2D eigenvalue weighted by molar-refractivity contribution is -0.136. The topological polar surface area (TPSA) is 76.2 Å². The molecule has 0 atom stereocenters. The smallest absolute Gasteiger partial charge is 0.307 e. The van der Waals surface area contributed by atoms with E-state index in [0.717, 1.165) is 0 Å². The summed E-state index contributed by atoms with van der Waals surface area (Å²) in [5, 5.41) is 9.64. The molecule has 1 heterocycles. The average molecular weight is 297 g/mol. The molecule has 0 aliphatic heterocycles. The van der Waals surface area contributed by atoms with E-state index in [1.807, 2.05) is 0 Å². The number of hydrogen-bond donors (Lipinski definition) is 2. The van der Waals surface area contributed by atoms with E-state index in [0.29, 0.717) is 26.7 Å². The Morgan fingerprint density at radius 3 is 2.74 bits per heavy atom. The van der Waals surface area contributed by atoms with Crippen LogP contribution in [0.2, 0.25) is 10.0 Å². The number of carboxylic acids is 1. The molecule has 0 fully saturated rings. The highest BCUT2D eigenvalue weighted by Gasteiger charge is 2.16. The largest absolute Gasteiger partial charge is 0.481 e. The highest BCUT2D eigenvalue weighted by molar-refractivity contribution is 6.43. The Bertz CT molecular complexity index is 645. The number of nitrogens with two attached hydrogens (primary N) is 1. The zero-order valence-corrected chi connectivity index (χ0v) is 11.2. The highest BCUT2D eigenvalue weighted by Crippen LogP contribution is 2.37. The van der Waals surface area contributed by atoms with Crippen LogP contribution in [0.25, 0.3) is 11.1 Å². The summed E-state index contributed by atoms with van der Waals surface area (Å²) in [5.41, 5.74) is 7.48. The summed E-state index contributed by atoms with van der Waals surface area (Å²) in [6.07, 6.45) is 1.31. The first kappa shape index (κ1) is 13.6. The van der Waals surface area contributed by atoms with Gasteiger partial charge in [-0.25, -0.2) is 4.98 Å². The molecule has 0 amide bonds. The Morgan fingerprint density at radius 2 is 2.05 bits per heavy atom. The lowest BCUT2D eigenvalue weighted by Crippen LogP contribution is -2.05. The van der Waals surface area contributed by atoms with E-state index in [2.05, 4.69) is 4.98 Å². The fraction of sp³-hybridized carbons (Fsp3) is 0.0769. The summed E-state index contributed by atoms with van der Waals surface area (Å²) < 4.78 is 0. The van der Waals surface area contributed by atoms with Gasteiger partial charge in [-0.05, 0) is 17.7 Å². The minimum atomic E-state index is -0.954. The van der Waals surface area contributed by atoms with Gasteiger partial charge in [0.1, 0.15) is 5.82 Å². The van der Waals surface area contributed by atoms with Crippen LogP contribution in [0.4, 0.5) is 5.82 Å². The highest BCUT2D eigenvalue weighted by atomic mass is 35.5. The van der Waals surface area contributed by atoms with E-state index in [9.17, 15) is 4.79 Å². The lowest BCUT2D eigenvalue weighted by atomic mass is 9.98. The van der Waals surface area contributed by atoms with Gasteiger partial charge in [-0.3, -0.25) is 4.79 Å². The van der Waals surface area contributed by atoms with E-state index < -0.39 is 5.97 Å². The van der Waals surface area contributed by atoms with Crippen LogP contribution in [0.1, 0.15) is 5.56 Å². The standard InChI is InChI=1S/C13H10Cl2N2O2/c14-9-3-1-2-8(12(9)15)11-7(6-10(18)19)4-5-17-13(11)16/h1-5H,6H2,(H2,16,17)(H,18,19). The van der Waals surface area contributed by atoms with Crippen LogP contribution >= 0.6 is 23.2 Å². The third-order valence-electron chi connectivity index (χ3n) is 2.63. The number of halogens is 2. The number of hydrogen-bond acceptors (Lipinski definition) is 3. The molecule has 6 heteroatoms. The summed E-state index contributed by atoms with van der Waals surface area (Å²) in [6, 6.07) is 6.71. The first-order valence-electron chi connectivity index (χ1n) is 5.40. The minimum absolute atomic E-state index is 0.162. The van der Waals surface area contributed by atoms with Crippen LogP contribution in [0.3, 0.4) is 0 Å². The van der Waals surface area contributed by atoms with Crippen molar-refractivity contribution in [2.45, 2.75) is 6.42 Å². The monoisotopic (exact) mass is 296 g/mol. The molecule has 0 spiro atoms. The molecular weight excluding hydrogens is 287 g/mol. The molecule has 98 valence electrons. The van der Waals surface area contributed by atoms with Crippen molar-refractivity contribution in [3.8, 4) is 11.1 Å². The van der Waals surface area contributed by atoms with Crippen LogP contribution in [-0.2, 0) is 11.2 Å². The predicted octanol–water partition coefficient (Wildman–Crippen LogP) is 3.26. The van der Waals surface area contributed by atoms with Gasteiger partial charge < -0.3 is 10.8 Å². The zero-order chi connectivity index (χ0) is 14.0. The normalized spacial score (nSPS) is 10.4. The van der Waals surface area contributed by atoms with Gasteiger partial charge in [-0.1, -0.05) is 35.3 Å². The van der Waals surface area contributed by atoms with E-state index in [1.165, 1.54) is 6.20 Å².